The molecule has 7 heteroatoms. The minimum atomic E-state index is -0.708. The second-order valence-corrected chi connectivity index (χ2v) is 5.05. The van der Waals surface area contributed by atoms with Crippen molar-refractivity contribution in [3.63, 3.8) is 0 Å². The van der Waals surface area contributed by atoms with Gasteiger partial charge < -0.3 is 10.0 Å². The van der Waals surface area contributed by atoms with Crippen LogP contribution in [0.25, 0.3) is 11.4 Å². The van der Waals surface area contributed by atoms with Gasteiger partial charge in [0.05, 0.1) is 18.7 Å². The molecule has 1 fully saturated rings. The van der Waals surface area contributed by atoms with Crippen molar-refractivity contribution in [2.75, 3.05) is 13.1 Å². The van der Waals surface area contributed by atoms with Crippen LogP contribution in [0.4, 0.5) is 0 Å². The number of carbonyl (C=O) groups excluding carboxylic acids is 1. The number of hydrogen-bond donors (Lipinski definition) is 2. The maximum Gasteiger partial charge on any atom is 0.254 e. The summed E-state index contributed by atoms with van der Waals surface area (Å²) in [5, 5.41) is 23.6. The highest BCUT2D eigenvalue weighted by Crippen LogP contribution is 2.26. The van der Waals surface area contributed by atoms with E-state index in [0.717, 1.165) is 5.56 Å². The van der Waals surface area contributed by atoms with Crippen molar-refractivity contribution in [3.8, 4) is 11.4 Å². The number of amides is 1. The van der Waals surface area contributed by atoms with Crippen LogP contribution in [-0.2, 0) is 0 Å². The SMILES string of the molecule is CCC1(O)CN(C(=O)c2ccc(-c3nn[nH]n3)cc2)C1. The third-order valence-electron chi connectivity index (χ3n) is 3.65. The normalized spacial score (nSPS) is 16.8. The molecule has 3 rings (SSSR count). The molecule has 0 unspecified atom stereocenters. The Bertz CT molecular complexity index is 602. The third-order valence-corrected chi connectivity index (χ3v) is 3.65. The van der Waals surface area contributed by atoms with Crippen LogP contribution in [-0.4, -0.2) is 55.2 Å². The molecule has 1 aliphatic heterocycles. The summed E-state index contributed by atoms with van der Waals surface area (Å²) in [6, 6.07) is 7.03. The van der Waals surface area contributed by atoms with E-state index in [2.05, 4.69) is 20.6 Å². The van der Waals surface area contributed by atoms with Crippen LogP contribution in [0.5, 0.6) is 0 Å². The number of nitrogens with zero attached hydrogens (tertiary/aromatic N) is 4. The molecule has 0 bridgehead atoms. The Morgan fingerprint density at radius 1 is 1.40 bits per heavy atom. The van der Waals surface area contributed by atoms with Crippen LogP contribution < -0.4 is 0 Å². The second kappa shape index (κ2) is 4.68. The molecule has 0 spiro atoms. The van der Waals surface area contributed by atoms with Gasteiger partial charge in [-0.05, 0) is 23.8 Å². The van der Waals surface area contributed by atoms with Gasteiger partial charge in [-0.15, -0.1) is 10.2 Å². The Labute approximate surface area is 115 Å². The lowest BCUT2D eigenvalue weighted by atomic mass is 9.90. The highest BCUT2D eigenvalue weighted by atomic mass is 16.3. The lowest BCUT2D eigenvalue weighted by Gasteiger charge is -2.46. The molecule has 1 aromatic heterocycles. The van der Waals surface area contributed by atoms with Crippen LogP contribution in [0, 0.1) is 0 Å². The third kappa shape index (κ3) is 2.16. The Balaban J connectivity index is 1.71. The first-order chi connectivity index (χ1) is 9.61. The topological polar surface area (TPSA) is 95.0 Å². The predicted molar refractivity (Wildman–Crippen MR) is 70.8 cm³/mol. The van der Waals surface area contributed by atoms with Crippen LogP contribution in [0.15, 0.2) is 24.3 Å². The number of H-pyrrole nitrogens is 1. The molecule has 0 radical (unpaired) electrons. The highest BCUT2D eigenvalue weighted by molar-refractivity contribution is 5.95. The largest absolute Gasteiger partial charge is 0.386 e. The molecule has 1 aromatic carbocycles. The maximum absolute atomic E-state index is 12.2. The summed E-state index contributed by atoms with van der Waals surface area (Å²) in [7, 11) is 0. The van der Waals surface area contributed by atoms with Crippen LogP contribution >= 0.6 is 0 Å². The van der Waals surface area contributed by atoms with Gasteiger partial charge in [-0.3, -0.25) is 4.79 Å². The molecule has 20 heavy (non-hydrogen) atoms. The maximum atomic E-state index is 12.2. The molecular weight excluding hydrogens is 258 g/mol. The van der Waals surface area contributed by atoms with Crippen molar-refractivity contribution >= 4 is 5.91 Å². The van der Waals surface area contributed by atoms with Crippen molar-refractivity contribution < 1.29 is 9.90 Å². The number of benzene rings is 1. The van der Waals surface area contributed by atoms with Gasteiger partial charge in [0, 0.05) is 11.1 Å². The molecule has 0 aliphatic carbocycles. The van der Waals surface area contributed by atoms with E-state index in [4.69, 9.17) is 0 Å². The quantitative estimate of drug-likeness (QED) is 0.847. The van der Waals surface area contributed by atoms with Gasteiger partial charge in [0.25, 0.3) is 5.91 Å². The van der Waals surface area contributed by atoms with Gasteiger partial charge in [-0.2, -0.15) is 5.21 Å². The smallest absolute Gasteiger partial charge is 0.254 e. The average molecular weight is 273 g/mol. The van der Waals surface area contributed by atoms with Crippen LogP contribution in [0.2, 0.25) is 0 Å². The first-order valence-electron chi connectivity index (χ1n) is 6.47. The first-order valence-corrected chi connectivity index (χ1v) is 6.47. The fourth-order valence-electron chi connectivity index (χ4n) is 2.26. The minimum absolute atomic E-state index is 0.0669. The lowest BCUT2D eigenvalue weighted by molar-refractivity contribution is -0.0826. The number of tetrazole rings is 1. The second-order valence-electron chi connectivity index (χ2n) is 5.05. The van der Waals surface area contributed by atoms with E-state index in [-0.39, 0.29) is 5.91 Å². The lowest BCUT2D eigenvalue weighted by Crippen LogP contribution is -2.63. The van der Waals surface area contributed by atoms with E-state index in [1.54, 1.807) is 29.2 Å². The summed E-state index contributed by atoms with van der Waals surface area (Å²) in [5.41, 5.74) is 0.680. The number of rotatable bonds is 3. The monoisotopic (exact) mass is 273 g/mol. The molecule has 7 nitrogen and oxygen atoms in total. The Hall–Kier alpha value is -2.28. The summed E-state index contributed by atoms with van der Waals surface area (Å²) in [6.07, 6.45) is 0.660. The van der Waals surface area contributed by atoms with E-state index in [1.807, 2.05) is 6.92 Å². The predicted octanol–water partition coefficient (Wildman–Crippen LogP) is 0.464. The number of aliphatic hydroxyl groups is 1. The molecule has 2 heterocycles. The molecule has 104 valence electrons. The zero-order valence-corrected chi connectivity index (χ0v) is 11.1. The van der Waals surface area contributed by atoms with Gasteiger partial charge in [-0.1, -0.05) is 19.1 Å². The van der Waals surface area contributed by atoms with Gasteiger partial charge in [0.15, 0.2) is 0 Å². The number of aromatic amines is 1. The Morgan fingerprint density at radius 2 is 2.10 bits per heavy atom. The van der Waals surface area contributed by atoms with E-state index in [9.17, 15) is 9.90 Å². The highest BCUT2D eigenvalue weighted by Gasteiger charge is 2.42. The summed E-state index contributed by atoms with van der Waals surface area (Å²) in [4.78, 5) is 13.8. The summed E-state index contributed by atoms with van der Waals surface area (Å²) < 4.78 is 0. The van der Waals surface area contributed by atoms with E-state index >= 15 is 0 Å². The summed E-state index contributed by atoms with van der Waals surface area (Å²) in [5.74, 6) is 0.427. The summed E-state index contributed by atoms with van der Waals surface area (Å²) in [6.45, 7) is 2.71. The minimum Gasteiger partial charge on any atom is -0.386 e. The van der Waals surface area contributed by atoms with Crippen molar-refractivity contribution in [1.29, 1.82) is 0 Å². The number of nitrogens with one attached hydrogen (secondary N) is 1. The van der Waals surface area contributed by atoms with Crippen LogP contribution in [0.3, 0.4) is 0 Å². The van der Waals surface area contributed by atoms with Crippen molar-refractivity contribution in [2.45, 2.75) is 18.9 Å². The summed E-state index contributed by atoms with van der Waals surface area (Å²) >= 11 is 0. The number of hydrogen-bond acceptors (Lipinski definition) is 5. The Morgan fingerprint density at radius 3 is 2.65 bits per heavy atom. The van der Waals surface area contributed by atoms with Gasteiger partial charge in [0.2, 0.25) is 5.82 Å². The fourth-order valence-corrected chi connectivity index (χ4v) is 2.26. The van der Waals surface area contributed by atoms with Crippen molar-refractivity contribution in [3.05, 3.63) is 29.8 Å². The zero-order chi connectivity index (χ0) is 14.2. The van der Waals surface area contributed by atoms with E-state index < -0.39 is 5.60 Å². The van der Waals surface area contributed by atoms with Crippen LogP contribution in [0.1, 0.15) is 23.7 Å². The van der Waals surface area contributed by atoms with Crippen molar-refractivity contribution in [1.82, 2.24) is 25.5 Å². The number of likely N-dealkylation sites (tertiary alicyclic amines) is 1. The Kier molecular flexibility index (Phi) is 2.98. The molecule has 1 saturated heterocycles. The van der Waals surface area contributed by atoms with Gasteiger partial charge in [0.1, 0.15) is 0 Å². The number of carbonyl (C=O) groups is 1. The van der Waals surface area contributed by atoms with Gasteiger partial charge in [-0.25, -0.2) is 0 Å². The zero-order valence-electron chi connectivity index (χ0n) is 11.1. The molecule has 1 aliphatic rings. The molecule has 1 amide bonds. The molecular formula is C13H15N5O2. The molecule has 2 N–H and O–H groups in total. The number of aromatic nitrogens is 4. The number of β-amino-alcohol motifs (C(OH)–C–C–N with tert-alkyl or cyclic N) is 1. The average Bonchev–Trinajstić information content (AvgIpc) is 2.97. The molecule has 0 atom stereocenters. The standard InChI is InChI=1S/C13H15N5O2/c1-2-13(20)7-18(8-13)12(19)10-5-3-9(4-6-10)11-14-16-17-15-11/h3-6,20H,2,7-8H2,1H3,(H,14,15,16,17). The molecule has 0 saturated carbocycles. The first kappa shape index (κ1) is 12.7. The molecule has 2 aromatic rings. The van der Waals surface area contributed by atoms with E-state index in [1.165, 1.54) is 0 Å². The fraction of sp³-hybridized carbons (Fsp3) is 0.385. The van der Waals surface area contributed by atoms with E-state index in [0.29, 0.717) is 30.9 Å². The van der Waals surface area contributed by atoms with Gasteiger partial charge >= 0.3 is 0 Å². The van der Waals surface area contributed by atoms with Crippen molar-refractivity contribution in [2.24, 2.45) is 0 Å².